The summed E-state index contributed by atoms with van der Waals surface area (Å²) in [5, 5.41) is 0. The second-order valence-corrected chi connectivity index (χ2v) is 4.01. The van der Waals surface area contributed by atoms with Crippen molar-refractivity contribution >= 4 is 21.7 Å². The molecule has 0 heterocycles. The van der Waals surface area contributed by atoms with Crippen LogP contribution in [0.25, 0.3) is 0 Å². The second kappa shape index (κ2) is 5.85. The van der Waals surface area contributed by atoms with E-state index in [1.807, 2.05) is 6.92 Å². The zero-order chi connectivity index (χ0) is 11.3. The zero-order valence-corrected chi connectivity index (χ0v) is 10.0. The van der Waals surface area contributed by atoms with E-state index in [-0.39, 0.29) is 18.2 Å². The maximum atomic E-state index is 12.8. The lowest BCUT2D eigenvalue weighted by Gasteiger charge is -2.05. The fourth-order valence-electron chi connectivity index (χ4n) is 1.08. The van der Waals surface area contributed by atoms with Gasteiger partial charge in [-0.15, -0.1) is 0 Å². The molecule has 0 aliphatic heterocycles. The number of hydrogen-bond acceptors (Lipinski definition) is 2. The molecule has 0 amide bonds. The molecular formula is C11H12BrFO2. The van der Waals surface area contributed by atoms with Crippen LogP contribution in [-0.4, -0.2) is 12.4 Å². The quantitative estimate of drug-likeness (QED) is 0.823. The molecule has 1 aromatic rings. The number of benzene rings is 1. The molecule has 0 bridgehead atoms. The molecule has 1 aromatic carbocycles. The summed E-state index contributed by atoms with van der Waals surface area (Å²) in [6, 6.07) is 4.30. The molecule has 0 atom stereocenters. The third kappa shape index (κ3) is 4.00. The fourth-order valence-corrected chi connectivity index (χ4v) is 1.44. The summed E-state index contributed by atoms with van der Waals surface area (Å²) in [7, 11) is 0. The monoisotopic (exact) mass is 274 g/mol. The number of ether oxygens (including phenoxy) is 1. The molecule has 0 N–H and O–H groups in total. The third-order valence-electron chi connectivity index (χ3n) is 1.82. The minimum atomic E-state index is -0.345. The van der Waals surface area contributed by atoms with Gasteiger partial charge in [-0.1, -0.05) is 6.92 Å². The van der Waals surface area contributed by atoms with Gasteiger partial charge in [-0.05, 0) is 40.5 Å². The minimum absolute atomic E-state index is 0.0475. The first kappa shape index (κ1) is 12.2. The van der Waals surface area contributed by atoms with Crippen LogP contribution < -0.4 is 4.74 Å². The van der Waals surface area contributed by atoms with Gasteiger partial charge < -0.3 is 4.74 Å². The van der Waals surface area contributed by atoms with Crippen LogP contribution in [-0.2, 0) is 4.79 Å². The first-order valence-corrected chi connectivity index (χ1v) is 5.52. The number of ketones is 1. The number of Topliss-reactive ketones (excluding diaryl/α,β-unsaturated/α-hetero) is 1. The normalized spacial score (nSPS) is 10.1. The molecule has 0 saturated heterocycles. The Morgan fingerprint density at radius 3 is 2.87 bits per heavy atom. The molecule has 0 aliphatic rings. The summed E-state index contributed by atoms with van der Waals surface area (Å²) in [6.07, 6.45) is 1.33. The van der Waals surface area contributed by atoms with Crippen molar-refractivity contribution in [3.8, 4) is 5.75 Å². The number of rotatable bonds is 5. The molecule has 15 heavy (non-hydrogen) atoms. The van der Waals surface area contributed by atoms with Gasteiger partial charge in [0.05, 0.1) is 4.47 Å². The van der Waals surface area contributed by atoms with Gasteiger partial charge >= 0.3 is 0 Å². The summed E-state index contributed by atoms with van der Waals surface area (Å²) in [4.78, 5) is 11.2. The van der Waals surface area contributed by atoms with E-state index in [1.54, 1.807) is 0 Å². The highest BCUT2D eigenvalue weighted by Gasteiger charge is 2.04. The Labute approximate surface area is 96.6 Å². The molecule has 0 radical (unpaired) electrons. The fraction of sp³-hybridized carbons (Fsp3) is 0.364. The van der Waals surface area contributed by atoms with Crippen LogP contribution in [0.15, 0.2) is 22.7 Å². The Hall–Kier alpha value is -0.900. The smallest absolute Gasteiger partial charge is 0.170 e. The lowest BCUT2D eigenvalue weighted by Crippen LogP contribution is -2.10. The van der Waals surface area contributed by atoms with Gasteiger partial charge in [0.15, 0.2) is 5.78 Å². The summed E-state index contributed by atoms with van der Waals surface area (Å²) in [5.41, 5.74) is 0. The largest absolute Gasteiger partial charge is 0.486 e. The van der Waals surface area contributed by atoms with Crippen LogP contribution in [0.5, 0.6) is 5.75 Å². The predicted molar refractivity (Wildman–Crippen MR) is 59.5 cm³/mol. The van der Waals surface area contributed by atoms with E-state index in [2.05, 4.69) is 15.9 Å². The van der Waals surface area contributed by atoms with Gasteiger partial charge in [0, 0.05) is 6.42 Å². The van der Waals surface area contributed by atoms with E-state index in [0.717, 1.165) is 6.42 Å². The van der Waals surface area contributed by atoms with Gasteiger partial charge in [0.2, 0.25) is 0 Å². The first-order chi connectivity index (χ1) is 7.13. The standard InChI is InChI=1S/C11H12BrFO2/c1-2-3-8(14)7-15-9-4-5-11(13)10(12)6-9/h4-6H,2-3,7H2,1H3. The summed E-state index contributed by atoms with van der Waals surface area (Å²) in [5.74, 6) is 0.202. The molecule has 1 rings (SSSR count). The van der Waals surface area contributed by atoms with Gasteiger partial charge in [0.1, 0.15) is 18.2 Å². The molecule has 2 nitrogen and oxygen atoms in total. The SMILES string of the molecule is CCCC(=O)COc1ccc(F)c(Br)c1. The lowest BCUT2D eigenvalue weighted by atomic mass is 10.2. The van der Waals surface area contributed by atoms with Crippen molar-refractivity contribution in [3.63, 3.8) is 0 Å². The van der Waals surface area contributed by atoms with Crippen molar-refractivity contribution in [2.75, 3.05) is 6.61 Å². The number of carbonyl (C=O) groups excluding carboxylic acids is 1. The van der Waals surface area contributed by atoms with E-state index >= 15 is 0 Å². The highest BCUT2D eigenvalue weighted by Crippen LogP contribution is 2.21. The maximum Gasteiger partial charge on any atom is 0.170 e. The van der Waals surface area contributed by atoms with E-state index < -0.39 is 0 Å². The summed E-state index contributed by atoms with van der Waals surface area (Å²) < 4.78 is 18.4. The topological polar surface area (TPSA) is 26.3 Å². The first-order valence-electron chi connectivity index (χ1n) is 4.73. The highest BCUT2D eigenvalue weighted by atomic mass is 79.9. The number of halogens is 2. The van der Waals surface area contributed by atoms with Crippen molar-refractivity contribution < 1.29 is 13.9 Å². The molecule has 4 heteroatoms. The van der Waals surface area contributed by atoms with E-state index in [4.69, 9.17) is 4.74 Å². The molecule has 0 aliphatic carbocycles. The van der Waals surface area contributed by atoms with Crippen molar-refractivity contribution in [1.29, 1.82) is 0 Å². The van der Waals surface area contributed by atoms with Gasteiger partial charge in [0.25, 0.3) is 0 Å². The van der Waals surface area contributed by atoms with Gasteiger partial charge in [-0.25, -0.2) is 4.39 Å². The van der Waals surface area contributed by atoms with Crippen molar-refractivity contribution in [1.82, 2.24) is 0 Å². The van der Waals surface area contributed by atoms with E-state index in [1.165, 1.54) is 18.2 Å². The molecule has 0 saturated carbocycles. The lowest BCUT2D eigenvalue weighted by molar-refractivity contribution is -0.121. The average molecular weight is 275 g/mol. The Morgan fingerprint density at radius 2 is 2.27 bits per heavy atom. The average Bonchev–Trinajstić information content (AvgIpc) is 2.20. The highest BCUT2D eigenvalue weighted by molar-refractivity contribution is 9.10. The molecule has 0 spiro atoms. The molecule has 82 valence electrons. The minimum Gasteiger partial charge on any atom is -0.486 e. The predicted octanol–water partition coefficient (Wildman–Crippen LogP) is 3.34. The van der Waals surface area contributed by atoms with Crippen LogP contribution in [0, 0.1) is 5.82 Å². The Kier molecular flexibility index (Phi) is 4.75. The molecule has 0 aromatic heterocycles. The van der Waals surface area contributed by atoms with Gasteiger partial charge in [-0.2, -0.15) is 0 Å². The molecule has 0 unspecified atom stereocenters. The van der Waals surface area contributed by atoms with Crippen molar-refractivity contribution in [2.24, 2.45) is 0 Å². The maximum absolute atomic E-state index is 12.8. The van der Waals surface area contributed by atoms with Crippen molar-refractivity contribution in [2.45, 2.75) is 19.8 Å². The Balaban J connectivity index is 2.51. The Bertz CT molecular complexity index is 352. The number of carbonyl (C=O) groups is 1. The second-order valence-electron chi connectivity index (χ2n) is 3.15. The molecular weight excluding hydrogens is 263 g/mol. The zero-order valence-electron chi connectivity index (χ0n) is 8.43. The van der Waals surface area contributed by atoms with Gasteiger partial charge in [-0.3, -0.25) is 4.79 Å². The third-order valence-corrected chi connectivity index (χ3v) is 2.43. The molecule has 0 fully saturated rings. The van der Waals surface area contributed by atoms with Crippen LogP contribution in [0.3, 0.4) is 0 Å². The van der Waals surface area contributed by atoms with E-state index in [0.29, 0.717) is 16.6 Å². The van der Waals surface area contributed by atoms with Crippen molar-refractivity contribution in [3.05, 3.63) is 28.5 Å². The Morgan fingerprint density at radius 1 is 1.53 bits per heavy atom. The van der Waals surface area contributed by atoms with Crippen LogP contribution >= 0.6 is 15.9 Å². The van der Waals surface area contributed by atoms with Crippen LogP contribution in [0.1, 0.15) is 19.8 Å². The van der Waals surface area contributed by atoms with E-state index in [9.17, 15) is 9.18 Å². The summed E-state index contributed by atoms with van der Waals surface area (Å²) >= 11 is 3.04. The summed E-state index contributed by atoms with van der Waals surface area (Å²) in [6.45, 7) is 1.98. The van der Waals surface area contributed by atoms with Crippen LogP contribution in [0.2, 0.25) is 0 Å². The number of hydrogen-bond donors (Lipinski definition) is 0. The van der Waals surface area contributed by atoms with Crippen LogP contribution in [0.4, 0.5) is 4.39 Å².